The Bertz CT molecular complexity index is 434. The molecule has 0 aliphatic carbocycles. The normalized spacial score (nSPS) is 10.0. The van der Waals surface area contributed by atoms with Crippen LogP contribution in [0.25, 0.3) is 5.69 Å². The number of rotatable bonds is 2. The average Bonchev–Trinajstić information content (AvgIpc) is 2.71. The van der Waals surface area contributed by atoms with E-state index in [1.54, 1.807) is 0 Å². The lowest BCUT2D eigenvalue weighted by Gasteiger charge is -1.94. The summed E-state index contributed by atoms with van der Waals surface area (Å²) >= 11 is 0. The Hall–Kier alpha value is -2.31. The summed E-state index contributed by atoms with van der Waals surface area (Å²) in [7, 11) is 0. The van der Waals surface area contributed by atoms with E-state index in [0.29, 0.717) is 5.69 Å². The maximum absolute atomic E-state index is 10.5. The molecule has 1 aromatic heterocycles. The van der Waals surface area contributed by atoms with Gasteiger partial charge in [-0.3, -0.25) is 0 Å². The molecule has 0 saturated carbocycles. The zero-order chi connectivity index (χ0) is 9.97. The summed E-state index contributed by atoms with van der Waals surface area (Å²) in [6.07, 6.45) is 0. The number of benzene rings is 1. The number of carboxylic acid groups (broad SMARTS) is 1. The van der Waals surface area contributed by atoms with Gasteiger partial charge in [0.15, 0.2) is 0 Å². The van der Waals surface area contributed by atoms with E-state index in [1.165, 1.54) is 24.3 Å². The fourth-order valence-corrected chi connectivity index (χ4v) is 0.904. The molecule has 74 valence electrons. The molecule has 1 N–H and O–H groups in total. The lowest BCUT2D eigenvalue weighted by Crippen LogP contribution is -1.96. The minimum atomic E-state index is -1.01. The van der Waals surface area contributed by atoms with Crippen LogP contribution in [0.1, 0.15) is 10.4 Å². The van der Waals surface area contributed by atoms with Crippen LogP contribution in [0.4, 0.5) is 0 Å². The molecular weight excluding hydrogens is 194 g/mol. The first-order valence-electron chi connectivity index (χ1n) is 3.59. The van der Waals surface area contributed by atoms with Gasteiger partial charge < -0.3 is 5.11 Å². The quantitative estimate of drug-likeness (QED) is 0.739. The second kappa shape index (κ2) is 3.21. The monoisotopic (exact) mass is 199 g/mol. The van der Waals surface area contributed by atoms with E-state index in [4.69, 9.17) is 5.11 Å². The van der Waals surface area contributed by atoms with E-state index in [0.717, 1.165) is 4.91 Å². The van der Waals surface area contributed by atoms with Gasteiger partial charge in [0.05, 0.1) is 10.5 Å². The van der Waals surface area contributed by atoms with Gasteiger partial charge in [0.1, 0.15) is 5.69 Å². The van der Waals surface area contributed by atoms with Gasteiger partial charge in [0.2, 0.25) is 0 Å². The van der Waals surface area contributed by atoms with Crippen LogP contribution in [0.15, 0.2) is 43.1 Å². The molecule has 1 aromatic carbocycles. The molecule has 0 unspecified atom stereocenters. The van der Waals surface area contributed by atoms with Crippen LogP contribution in [-0.2, 0) is 0 Å². The lowest BCUT2D eigenvalue weighted by atomic mass is 10.2. The van der Waals surface area contributed by atoms with Crippen molar-refractivity contribution in [2.45, 2.75) is 0 Å². The summed E-state index contributed by atoms with van der Waals surface area (Å²) < 4.78 is 16.7. The van der Waals surface area contributed by atoms with Crippen molar-refractivity contribution in [3.05, 3.63) is 29.8 Å². The summed E-state index contributed by atoms with van der Waals surface area (Å²) in [5.74, 6) is -1.01. The molecule has 0 spiro atoms. The van der Waals surface area contributed by atoms with Crippen molar-refractivity contribution < 1.29 is 28.7 Å². The Balaban J connectivity index is 2.36. The molecule has 2 rings (SSSR count). The molecule has 0 radical (unpaired) electrons. The Labute approximate surface area is 76.1 Å². The summed E-state index contributed by atoms with van der Waals surface area (Å²) in [5.41, 5.74) is 0.599. The third-order valence-electron chi connectivity index (χ3n) is 1.55. The van der Waals surface area contributed by atoms with Gasteiger partial charge in [0, 0.05) is 0 Å². The zero-order valence-corrected chi connectivity index (χ0v) is 6.75. The highest BCUT2D eigenvalue weighted by Gasteiger charge is 2.05. The van der Waals surface area contributed by atoms with Gasteiger partial charge in [-0.1, -0.05) is 0 Å². The van der Waals surface area contributed by atoms with Gasteiger partial charge in [-0.25, -0.2) is 4.79 Å². The van der Waals surface area contributed by atoms with Gasteiger partial charge in [-0.2, -0.15) is 0 Å². The van der Waals surface area contributed by atoms with Crippen molar-refractivity contribution >= 4 is 5.97 Å². The van der Waals surface area contributed by atoms with Gasteiger partial charge in [0.25, 0.3) is 0 Å². The highest BCUT2D eigenvalue weighted by Crippen LogP contribution is 2.09. The number of hydrogen-bond acceptors (Lipinski definition) is 5. The minimum absolute atomic E-state index is 0.162. The van der Waals surface area contributed by atoms with E-state index in [1.807, 2.05) is 0 Å². The SMILES string of the molecule is O=C(O)c1ccc(-n2oooo2)cc1. The largest absolute Gasteiger partial charge is 0.478 e. The fourth-order valence-electron chi connectivity index (χ4n) is 0.904. The third-order valence-corrected chi connectivity index (χ3v) is 1.55. The topological polar surface area (TPSA) is 94.8 Å². The molecule has 0 aliphatic rings. The summed E-state index contributed by atoms with van der Waals surface area (Å²) in [5, 5.41) is 8.62. The second-order valence-corrected chi connectivity index (χ2v) is 2.39. The summed E-state index contributed by atoms with van der Waals surface area (Å²) in [6.45, 7) is 0. The molecule has 0 amide bonds. The van der Waals surface area contributed by atoms with Crippen molar-refractivity contribution in [2.75, 3.05) is 0 Å². The highest BCUT2D eigenvalue weighted by molar-refractivity contribution is 5.87. The molecule has 7 heteroatoms. The molecule has 0 saturated heterocycles. The second-order valence-electron chi connectivity index (χ2n) is 2.39. The van der Waals surface area contributed by atoms with Gasteiger partial charge >= 0.3 is 5.97 Å². The van der Waals surface area contributed by atoms with Gasteiger partial charge in [-0.05, 0) is 33.7 Å². The fraction of sp³-hybridized carbons (Fsp3) is 0. The smallest absolute Gasteiger partial charge is 0.335 e. The van der Waals surface area contributed by atoms with Crippen molar-refractivity contribution in [1.82, 2.24) is 4.91 Å². The summed E-state index contributed by atoms with van der Waals surface area (Å²) in [6, 6.07) is 5.73. The highest BCUT2D eigenvalue weighted by atomic mass is 17.5. The Kier molecular flexibility index (Phi) is 1.90. The maximum Gasteiger partial charge on any atom is 0.335 e. The van der Waals surface area contributed by atoms with Crippen molar-refractivity contribution in [3.8, 4) is 5.69 Å². The van der Waals surface area contributed by atoms with Crippen LogP contribution in [0.2, 0.25) is 0 Å². The van der Waals surface area contributed by atoms with Crippen LogP contribution < -0.4 is 0 Å². The van der Waals surface area contributed by atoms with E-state index in [-0.39, 0.29) is 5.56 Å². The number of carboxylic acids is 1. The van der Waals surface area contributed by atoms with E-state index < -0.39 is 5.97 Å². The van der Waals surface area contributed by atoms with Crippen LogP contribution in [-0.4, -0.2) is 16.0 Å². The molecule has 0 aliphatic heterocycles. The van der Waals surface area contributed by atoms with E-state index in [9.17, 15) is 4.79 Å². The number of aromatic carboxylic acids is 1. The lowest BCUT2D eigenvalue weighted by molar-refractivity contribution is -0.241. The molecule has 0 fully saturated rings. The summed E-state index contributed by atoms with van der Waals surface area (Å²) in [4.78, 5) is 11.3. The molecule has 0 bridgehead atoms. The van der Waals surface area contributed by atoms with Crippen LogP contribution >= 0.6 is 0 Å². The van der Waals surface area contributed by atoms with E-state index >= 15 is 0 Å². The first-order chi connectivity index (χ1) is 6.77. The Morgan fingerprint density at radius 3 is 2.21 bits per heavy atom. The first kappa shape index (κ1) is 8.30. The predicted octanol–water partition coefficient (Wildman–Crippen LogP) is 1.67. The average molecular weight is 199 g/mol. The molecule has 7 nitrogen and oxygen atoms in total. The predicted molar refractivity (Wildman–Crippen MR) is 39.4 cm³/mol. The van der Waals surface area contributed by atoms with Crippen molar-refractivity contribution in [2.24, 2.45) is 0 Å². The first-order valence-corrected chi connectivity index (χ1v) is 3.59. The number of carbonyl (C=O) groups is 1. The molecule has 2 aromatic rings. The molecule has 1 heterocycles. The van der Waals surface area contributed by atoms with E-state index in [2.05, 4.69) is 18.8 Å². The molecular formula is C7H5NO6. The number of hydrogen-bond donors (Lipinski definition) is 1. The molecule has 0 atom stereocenters. The van der Waals surface area contributed by atoms with Gasteiger partial charge in [-0.15, -0.1) is 9.36 Å². The standard InChI is InChI=1S/C7H5NO6/c9-7(10)5-1-3-6(4-2-5)8-11-13-14-12-8/h1-4H,(H,9,10). The van der Waals surface area contributed by atoms with Crippen molar-refractivity contribution in [1.29, 1.82) is 0 Å². The number of nitrogens with zero attached hydrogens (tertiary/aromatic N) is 1. The zero-order valence-electron chi connectivity index (χ0n) is 6.75. The van der Waals surface area contributed by atoms with Crippen LogP contribution in [0.3, 0.4) is 0 Å². The number of aromatic nitrogens is 1. The molecule has 14 heavy (non-hydrogen) atoms. The Morgan fingerprint density at radius 2 is 1.71 bits per heavy atom. The minimum Gasteiger partial charge on any atom is -0.478 e. The maximum atomic E-state index is 10.5. The Morgan fingerprint density at radius 1 is 1.14 bits per heavy atom. The van der Waals surface area contributed by atoms with Crippen molar-refractivity contribution in [3.63, 3.8) is 0 Å². The van der Waals surface area contributed by atoms with Crippen LogP contribution in [0.5, 0.6) is 0 Å². The van der Waals surface area contributed by atoms with Crippen LogP contribution in [0, 0.1) is 0 Å². The third kappa shape index (κ3) is 1.42.